The second-order valence-corrected chi connectivity index (χ2v) is 6.36. The van der Waals surface area contributed by atoms with Crippen LogP contribution in [-0.4, -0.2) is 22.7 Å². The molecule has 116 valence electrons. The number of aliphatic hydroxyl groups is 1. The predicted molar refractivity (Wildman–Crippen MR) is 89.2 cm³/mol. The Hall–Kier alpha value is -2.59. The maximum atomic E-state index is 11.7. The molecule has 1 amide bonds. The van der Waals surface area contributed by atoms with E-state index >= 15 is 0 Å². The summed E-state index contributed by atoms with van der Waals surface area (Å²) in [5, 5.41) is 22.5. The van der Waals surface area contributed by atoms with Crippen molar-refractivity contribution >= 4 is 17.2 Å². The molecular formula is C19H17NO3. The lowest BCUT2D eigenvalue weighted by atomic mass is 9.93. The van der Waals surface area contributed by atoms with E-state index in [9.17, 15) is 15.0 Å². The first-order valence-corrected chi connectivity index (χ1v) is 7.63. The van der Waals surface area contributed by atoms with Crippen molar-refractivity contribution in [3.63, 3.8) is 0 Å². The highest BCUT2D eigenvalue weighted by Gasteiger charge is 2.43. The Kier molecular flexibility index (Phi) is 2.87. The number of hydrogen-bond acceptors (Lipinski definition) is 3. The van der Waals surface area contributed by atoms with E-state index in [-0.39, 0.29) is 23.7 Å². The second kappa shape index (κ2) is 4.70. The van der Waals surface area contributed by atoms with Crippen LogP contribution < -0.4 is 5.32 Å². The van der Waals surface area contributed by atoms with Crippen LogP contribution >= 0.6 is 0 Å². The molecule has 4 nitrogen and oxygen atoms in total. The minimum Gasteiger partial charge on any atom is -0.507 e. The van der Waals surface area contributed by atoms with Crippen LogP contribution in [0.5, 0.6) is 5.75 Å². The summed E-state index contributed by atoms with van der Waals surface area (Å²) in [5.41, 5.74) is 4.33. The lowest BCUT2D eigenvalue weighted by Gasteiger charge is -2.13. The minimum atomic E-state index is -0.231. The van der Waals surface area contributed by atoms with Crippen molar-refractivity contribution in [2.24, 2.45) is 0 Å². The summed E-state index contributed by atoms with van der Waals surface area (Å²) in [7, 11) is 0. The maximum absolute atomic E-state index is 11.7. The molecule has 2 aromatic carbocycles. The monoisotopic (exact) mass is 307 g/mol. The minimum absolute atomic E-state index is 0.0663. The van der Waals surface area contributed by atoms with E-state index in [1.165, 1.54) is 0 Å². The predicted octanol–water partition coefficient (Wildman–Crippen LogP) is 3.05. The van der Waals surface area contributed by atoms with E-state index in [1.54, 1.807) is 12.1 Å². The SMILES string of the molecule is C=C1C(=O)Nc2cc(O)c(-c3ccc(C4(CO)CC4)cc3)cc21. The maximum Gasteiger partial charge on any atom is 0.255 e. The van der Waals surface area contributed by atoms with Crippen molar-refractivity contribution in [2.45, 2.75) is 18.3 Å². The zero-order valence-electron chi connectivity index (χ0n) is 12.6. The number of hydrogen-bond donors (Lipinski definition) is 3. The van der Waals surface area contributed by atoms with Gasteiger partial charge in [0.05, 0.1) is 12.3 Å². The lowest BCUT2D eigenvalue weighted by Crippen LogP contribution is -2.11. The first-order valence-electron chi connectivity index (χ1n) is 7.63. The second-order valence-electron chi connectivity index (χ2n) is 6.36. The highest BCUT2D eigenvalue weighted by molar-refractivity contribution is 6.31. The molecule has 1 aliphatic carbocycles. The summed E-state index contributed by atoms with van der Waals surface area (Å²) in [6.07, 6.45) is 2.03. The van der Waals surface area contributed by atoms with Crippen molar-refractivity contribution < 1.29 is 15.0 Å². The Bertz CT molecular complexity index is 832. The molecule has 1 heterocycles. The average Bonchev–Trinajstić information content (AvgIpc) is 3.31. The third-order valence-corrected chi connectivity index (χ3v) is 4.95. The molecule has 0 saturated heterocycles. The van der Waals surface area contributed by atoms with E-state index in [2.05, 4.69) is 11.9 Å². The molecule has 0 radical (unpaired) electrons. The molecule has 2 aromatic rings. The lowest BCUT2D eigenvalue weighted by molar-refractivity contribution is -0.110. The summed E-state index contributed by atoms with van der Waals surface area (Å²) in [5.74, 6) is -0.111. The van der Waals surface area contributed by atoms with Crippen molar-refractivity contribution in [1.82, 2.24) is 0 Å². The summed E-state index contributed by atoms with van der Waals surface area (Å²) >= 11 is 0. The number of carbonyl (C=O) groups is 1. The molecule has 4 rings (SSSR count). The number of phenolic OH excluding ortho intramolecular Hbond substituents is 1. The number of rotatable bonds is 3. The Morgan fingerprint density at radius 1 is 1.13 bits per heavy atom. The van der Waals surface area contributed by atoms with E-state index < -0.39 is 0 Å². The van der Waals surface area contributed by atoms with Gasteiger partial charge in [-0.25, -0.2) is 0 Å². The van der Waals surface area contributed by atoms with Gasteiger partial charge in [-0.1, -0.05) is 30.8 Å². The van der Waals surface area contributed by atoms with Gasteiger partial charge in [-0.3, -0.25) is 4.79 Å². The van der Waals surface area contributed by atoms with Crippen LogP contribution in [0, 0.1) is 0 Å². The Balaban J connectivity index is 1.74. The molecule has 0 aromatic heterocycles. The van der Waals surface area contributed by atoms with Gasteiger partial charge in [-0.2, -0.15) is 0 Å². The van der Waals surface area contributed by atoms with Crippen LogP contribution in [0.15, 0.2) is 43.0 Å². The molecule has 3 N–H and O–H groups in total. The molecule has 0 atom stereocenters. The molecule has 4 heteroatoms. The van der Waals surface area contributed by atoms with Gasteiger partial charge in [0.2, 0.25) is 0 Å². The third kappa shape index (κ3) is 2.06. The highest BCUT2D eigenvalue weighted by Crippen LogP contribution is 2.48. The Morgan fingerprint density at radius 2 is 1.83 bits per heavy atom. The summed E-state index contributed by atoms with van der Waals surface area (Å²) < 4.78 is 0. The zero-order valence-corrected chi connectivity index (χ0v) is 12.6. The quantitative estimate of drug-likeness (QED) is 0.763. The van der Waals surface area contributed by atoms with Gasteiger partial charge in [-0.15, -0.1) is 0 Å². The summed E-state index contributed by atoms with van der Waals surface area (Å²) in [4.78, 5) is 11.7. The molecule has 2 aliphatic rings. The van der Waals surface area contributed by atoms with E-state index in [1.807, 2.05) is 24.3 Å². The fourth-order valence-corrected chi connectivity index (χ4v) is 3.18. The molecule has 0 bridgehead atoms. The zero-order chi connectivity index (χ0) is 16.2. The number of carbonyl (C=O) groups excluding carboxylic acids is 1. The molecule has 23 heavy (non-hydrogen) atoms. The van der Waals surface area contributed by atoms with Crippen molar-refractivity contribution in [2.75, 3.05) is 11.9 Å². The number of nitrogens with one attached hydrogen (secondary N) is 1. The van der Waals surface area contributed by atoms with Crippen LogP contribution in [0.1, 0.15) is 24.0 Å². The number of amides is 1. The van der Waals surface area contributed by atoms with E-state index in [4.69, 9.17) is 0 Å². The number of aliphatic hydroxyl groups excluding tert-OH is 1. The molecule has 1 saturated carbocycles. The van der Waals surface area contributed by atoms with Crippen LogP contribution in [0.2, 0.25) is 0 Å². The molecule has 1 fully saturated rings. The molecule has 0 unspecified atom stereocenters. The Labute approximate surface area is 134 Å². The largest absolute Gasteiger partial charge is 0.507 e. The van der Waals surface area contributed by atoms with Crippen molar-refractivity contribution in [3.8, 4) is 16.9 Å². The van der Waals surface area contributed by atoms with Gasteiger partial charge in [0.15, 0.2) is 0 Å². The van der Waals surface area contributed by atoms with Crippen LogP contribution in [-0.2, 0) is 10.2 Å². The van der Waals surface area contributed by atoms with Crippen LogP contribution in [0.4, 0.5) is 5.69 Å². The first kappa shape index (κ1) is 14.0. The van der Waals surface area contributed by atoms with Gasteiger partial charge < -0.3 is 15.5 Å². The smallest absolute Gasteiger partial charge is 0.255 e. The first-order chi connectivity index (χ1) is 11.0. The standard InChI is InChI=1S/C19H17NO3/c1-11-14-8-15(17(22)9-16(14)20-18(11)23)12-2-4-13(5-3-12)19(10-21)6-7-19/h2-5,8-9,21-22H,1,6-7,10H2,(H,20,23). The topological polar surface area (TPSA) is 69.6 Å². The van der Waals surface area contributed by atoms with Gasteiger partial charge >= 0.3 is 0 Å². The fourth-order valence-electron chi connectivity index (χ4n) is 3.18. The number of fused-ring (bicyclic) bond motifs is 1. The molecular weight excluding hydrogens is 290 g/mol. The highest BCUT2D eigenvalue weighted by atomic mass is 16.3. The normalized spacial score (nSPS) is 17.8. The van der Waals surface area contributed by atoms with Crippen LogP contribution in [0.25, 0.3) is 16.7 Å². The van der Waals surface area contributed by atoms with E-state index in [0.29, 0.717) is 16.8 Å². The third-order valence-electron chi connectivity index (χ3n) is 4.95. The summed E-state index contributed by atoms with van der Waals surface area (Å²) in [6.45, 7) is 3.96. The van der Waals surface area contributed by atoms with Crippen molar-refractivity contribution in [1.29, 1.82) is 0 Å². The number of anilines is 1. The number of phenols is 1. The van der Waals surface area contributed by atoms with Gasteiger partial charge in [-0.05, 0) is 30.0 Å². The Morgan fingerprint density at radius 3 is 2.43 bits per heavy atom. The fraction of sp³-hybridized carbons (Fsp3) is 0.211. The van der Waals surface area contributed by atoms with E-state index in [0.717, 1.165) is 29.5 Å². The number of aromatic hydroxyl groups is 1. The van der Waals surface area contributed by atoms with Crippen LogP contribution in [0.3, 0.4) is 0 Å². The van der Waals surface area contributed by atoms with Gasteiger partial charge in [0.25, 0.3) is 5.91 Å². The molecule has 0 spiro atoms. The summed E-state index contributed by atoms with van der Waals surface area (Å²) in [6, 6.07) is 11.2. The molecule has 1 aliphatic heterocycles. The number of benzene rings is 2. The van der Waals surface area contributed by atoms with Gasteiger partial charge in [0.1, 0.15) is 5.75 Å². The average molecular weight is 307 g/mol. The van der Waals surface area contributed by atoms with Crippen molar-refractivity contribution in [3.05, 3.63) is 54.1 Å². The van der Waals surface area contributed by atoms with Gasteiger partial charge in [0, 0.05) is 28.2 Å².